The van der Waals surface area contributed by atoms with Crippen molar-refractivity contribution < 1.29 is 23.6 Å². The minimum atomic E-state index is -1.15. The van der Waals surface area contributed by atoms with Crippen LogP contribution in [0.5, 0.6) is 17.2 Å². The fourth-order valence-corrected chi connectivity index (χ4v) is 3.17. The average Bonchev–Trinajstić information content (AvgIpc) is 3.06. The largest absolute Gasteiger partial charge is 0.454 e. The van der Waals surface area contributed by atoms with Gasteiger partial charge in [-0.25, -0.2) is 4.79 Å². The summed E-state index contributed by atoms with van der Waals surface area (Å²) in [6.07, 6.45) is 0. The zero-order chi connectivity index (χ0) is 19.3. The predicted octanol–water partition coefficient (Wildman–Crippen LogP) is 1.80. The second-order valence-electron chi connectivity index (χ2n) is 5.87. The smallest absolute Gasteiger partial charge is 0.343 e. The fraction of sp³-hybridized carbons (Fsp3) is 0.176. The van der Waals surface area contributed by atoms with Crippen molar-refractivity contribution in [1.29, 1.82) is 5.26 Å². The number of nitrogens with zero attached hydrogens (tertiary/aromatic N) is 2. The minimum absolute atomic E-state index is 0.0458. The van der Waals surface area contributed by atoms with Crippen LogP contribution in [-0.4, -0.2) is 11.7 Å². The molecule has 136 valence electrons. The van der Waals surface area contributed by atoms with Crippen LogP contribution in [0.25, 0.3) is 0 Å². The topological polar surface area (TPSA) is 151 Å². The normalized spacial score (nSPS) is 17.1. The van der Waals surface area contributed by atoms with E-state index in [9.17, 15) is 20.2 Å². The van der Waals surface area contributed by atoms with Crippen molar-refractivity contribution in [3.63, 3.8) is 0 Å². The van der Waals surface area contributed by atoms with E-state index in [0.717, 1.165) is 0 Å². The van der Waals surface area contributed by atoms with Crippen molar-refractivity contribution in [2.24, 2.45) is 5.73 Å². The molecule has 10 nitrogen and oxygen atoms in total. The van der Waals surface area contributed by atoms with Gasteiger partial charge in [-0.2, -0.15) is 5.26 Å². The van der Waals surface area contributed by atoms with Crippen LogP contribution in [0.3, 0.4) is 0 Å². The van der Waals surface area contributed by atoms with Crippen LogP contribution >= 0.6 is 0 Å². The molecule has 0 radical (unpaired) electrons. The predicted molar refractivity (Wildman–Crippen MR) is 88.2 cm³/mol. The summed E-state index contributed by atoms with van der Waals surface area (Å²) in [6.45, 7) is 1.45. The van der Waals surface area contributed by atoms with E-state index >= 15 is 0 Å². The van der Waals surface area contributed by atoms with E-state index in [-0.39, 0.29) is 58.1 Å². The molecule has 1 atom stereocenters. The summed E-state index contributed by atoms with van der Waals surface area (Å²) >= 11 is 0. The summed E-state index contributed by atoms with van der Waals surface area (Å²) in [5.41, 5.74) is 4.58. The molecule has 0 aliphatic carbocycles. The lowest BCUT2D eigenvalue weighted by atomic mass is 9.83. The molecule has 4 rings (SSSR count). The summed E-state index contributed by atoms with van der Waals surface area (Å²) in [5.74, 6) is -0.583. The molecule has 0 bridgehead atoms. The van der Waals surface area contributed by atoms with Gasteiger partial charge in [0.05, 0.1) is 22.5 Å². The molecular weight excluding hydrogens is 358 g/mol. The third kappa shape index (κ3) is 2.44. The number of rotatable bonds is 2. The third-order valence-electron chi connectivity index (χ3n) is 4.29. The summed E-state index contributed by atoms with van der Waals surface area (Å²) < 4.78 is 21.0. The first-order valence-electron chi connectivity index (χ1n) is 7.71. The standard InChI is InChI=1S/C17H11N3O7/c1-7-2-13-15(17(21)26-7)14(9(5-18)16(19)27-13)8-3-11-12(25-6-24-11)4-10(8)20(22)23/h2-4,14H,6,19H2,1H3/t14-/m1/s1. The fourth-order valence-electron chi connectivity index (χ4n) is 3.17. The molecule has 3 heterocycles. The second kappa shape index (κ2) is 5.77. The summed E-state index contributed by atoms with van der Waals surface area (Å²) in [7, 11) is 0. The van der Waals surface area contributed by atoms with Crippen molar-refractivity contribution in [2.45, 2.75) is 12.8 Å². The van der Waals surface area contributed by atoms with Crippen molar-refractivity contribution in [1.82, 2.24) is 0 Å². The number of hydrogen-bond acceptors (Lipinski definition) is 9. The maximum atomic E-state index is 12.5. The first kappa shape index (κ1) is 16.5. The van der Waals surface area contributed by atoms with Gasteiger partial charge in [0, 0.05) is 11.6 Å². The van der Waals surface area contributed by atoms with Gasteiger partial charge in [-0.05, 0) is 13.0 Å². The van der Waals surface area contributed by atoms with Crippen LogP contribution in [0.15, 0.2) is 38.9 Å². The molecule has 0 saturated carbocycles. The van der Waals surface area contributed by atoms with Gasteiger partial charge in [0.2, 0.25) is 12.7 Å². The van der Waals surface area contributed by atoms with Gasteiger partial charge in [-0.3, -0.25) is 10.1 Å². The molecule has 1 aromatic heterocycles. The quantitative estimate of drug-likeness (QED) is 0.617. The first-order chi connectivity index (χ1) is 12.9. The van der Waals surface area contributed by atoms with Crippen LogP contribution in [0.1, 0.15) is 22.8 Å². The first-order valence-corrected chi connectivity index (χ1v) is 7.71. The highest BCUT2D eigenvalue weighted by Crippen LogP contribution is 2.47. The average molecular weight is 369 g/mol. The molecule has 2 aliphatic rings. The number of aryl methyl sites for hydroxylation is 1. The van der Waals surface area contributed by atoms with E-state index in [2.05, 4.69) is 0 Å². The summed E-state index contributed by atoms with van der Waals surface area (Å²) in [5, 5.41) is 21.2. The molecule has 10 heteroatoms. The number of nitrogens with two attached hydrogens (primary N) is 1. The Labute approximate surface area is 151 Å². The van der Waals surface area contributed by atoms with Gasteiger partial charge < -0.3 is 24.4 Å². The van der Waals surface area contributed by atoms with Crippen LogP contribution in [0, 0.1) is 28.4 Å². The number of allylic oxidation sites excluding steroid dienone is 1. The van der Waals surface area contributed by atoms with Crippen LogP contribution in [0.2, 0.25) is 0 Å². The van der Waals surface area contributed by atoms with Crippen molar-refractivity contribution in [3.05, 3.63) is 67.1 Å². The Bertz CT molecular complexity index is 1130. The SMILES string of the molecule is Cc1cc2c(c(=O)o1)[C@H](c1cc3c(cc1[N+](=O)[O-])OCO3)C(C#N)=C(N)O2. The van der Waals surface area contributed by atoms with E-state index in [1.165, 1.54) is 18.2 Å². The molecule has 1 aromatic carbocycles. The van der Waals surface area contributed by atoms with Crippen molar-refractivity contribution >= 4 is 5.69 Å². The Morgan fingerprint density at radius 1 is 1.26 bits per heavy atom. The number of fused-ring (bicyclic) bond motifs is 2. The Hall–Kier alpha value is -4.00. The molecule has 27 heavy (non-hydrogen) atoms. The number of hydrogen-bond donors (Lipinski definition) is 1. The van der Waals surface area contributed by atoms with Crippen LogP contribution < -0.4 is 25.6 Å². The van der Waals surface area contributed by atoms with Gasteiger partial charge in [0.1, 0.15) is 23.2 Å². The Morgan fingerprint density at radius 2 is 1.96 bits per heavy atom. The third-order valence-corrected chi connectivity index (χ3v) is 4.29. The highest BCUT2D eigenvalue weighted by molar-refractivity contribution is 5.64. The summed E-state index contributed by atoms with van der Waals surface area (Å²) in [6, 6.07) is 5.86. The molecule has 0 unspecified atom stereocenters. The highest BCUT2D eigenvalue weighted by Gasteiger charge is 2.39. The van der Waals surface area contributed by atoms with Gasteiger partial charge in [0.15, 0.2) is 11.5 Å². The molecule has 0 fully saturated rings. The van der Waals surface area contributed by atoms with Crippen LogP contribution in [-0.2, 0) is 0 Å². The van der Waals surface area contributed by atoms with Gasteiger partial charge in [0.25, 0.3) is 5.69 Å². The molecule has 0 spiro atoms. The zero-order valence-corrected chi connectivity index (χ0v) is 13.8. The van der Waals surface area contributed by atoms with E-state index in [4.69, 9.17) is 24.4 Å². The Balaban J connectivity index is 2.06. The minimum Gasteiger partial charge on any atom is -0.454 e. The Kier molecular flexibility index (Phi) is 3.52. The number of benzene rings is 1. The molecule has 2 aromatic rings. The number of nitro groups is 1. The highest BCUT2D eigenvalue weighted by atomic mass is 16.7. The molecular formula is C17H11N3O7. The van der Waals surface area contributed by atoms with Crippen molar-refractivity contribution in [2.75, 3.05) is 6.79 Å². The lowest BCUT2D eigenvalue weighted by Crippen LogP contribution is -2.26. The van der Waals surface area contributed by atoms with E-state index < -0.39 is 16.5 Å². The maximum absolute atomic E-state index is 12.5. The lowest BCUT2D eigenvalue weighted by Gasteiger charge is -2.25. The number of nitriles is 1. The Morgan fingerprint density at radius 3 is 2.63 bits per heavy atom. The molecule has 0 saturated heterocycles. The van der Waals surface area contributed by atoms with Crippen LogP contribution in [0.4, 0.5) is 5.69 Å². The molecule has 0 amide bonds. The lowest BCUT2D eigenvalue weighted by molar-refractivity contribution is -0.385. The second-order valence-corrected chi connectivity index (χ2v) is 5.87. The van der Waals surface area contributed by atoms with Gasteiger partial charge in [-0.1, -0.05) is 0 Å². The zero-order valence-electron chi connectivity index (χ0n) is 13.8. The van der Waals surface area contributed by atoms with E-state index in [1.807, 2.05) is 6.07 Å². The number of nitro benzene ring substituents is 1. The molecule has 2 aliphatic heterocycles. The van der Waals surface area contributed by atoms with Gasteiger partial charge >= 0.3 is 5.63 Å². The molecule has 2 N–H and O–H groups in total. The van der Waals surface area contributed by atoms with E-state index in [0.29, 0.717) is 0 Å². The summed E-state index contributed by atoms with van der Waals surface area (Å²) in [4.78, 5) is 23.5. The monoisotopic (exact) mass is 369 g/mol. The number of ether oxygens (including phenoxy) is 3. The van der Waals surface area contributed by atoms with Gasteiger partial charge in [-0.15, -0.1) is 0 Å². The van der Waals surface area contributed by atoms with Crippen molar-refractivity contribution in [3.8, 4) is 23.3 Å². The van der Waals surface area contributed by atoms with E-state index in [1.54, 1.807) is 6.92 Å². The maximum Gasteiger partial charge on any atom is 0.343 e.